The highest BCUT2D eigenvalue weighted by Crippen LogP contribution is 2.37. The van der Waals surface area contributed by atoms with Crippen molar-refractivity contribution in [2.75, 3.05) is 16.4 Å². The van der Waals surface area contributed by atoms with Crippen molar-refractivity contribution in [2.24, 2.45) is 5.73 Å². The molecular formula is C34H28ClF3N4O4S2. The van der Waals surface area contributed by atoms with Crippen molar-refractivity contribution in [3.8, 4) is 0 Å². The summed E-state index contributed by atoms with van der Waals surface area (Å²) in [4.78, 5) is 39.8. The second-order valence-corrected chi connectivity index (χ2v) is 13.1. The summed E-state index contributed by atoms with van der Waals surface area (Å²) in [5.74, 6) is -0.939. The minimum atomic E-state index is -4.32. The van der Waals surface area contributed by atoms with Gasteiger partial charge in [-0.1, -0.05) is 54.1 Å². The zero-order chi connectivity index (χ0) is 34.3. The Morgan fingerprint density at radius 2 is 1.56 bits per heavy atom. The van der Waals surface area contributed by atoms with Crippen LogP contribution in [-0.4, -0.2) is 39.8 Å². The molecule has 1 heterocycles. The maximum Gasteiger partial charge on any atom is 0.446 e. The molecule has 5 aromatic rings. The van der Waals surface area contributed by atoms with Crippen LogP contribution in [0.2, 0.25) is 5.02 Å². The molecule has 5 rings (SSSR count). The second-order valence-electron chi connectivity index (χ2n) is 10.4. The molecule has 4 aromatic carbocycles. The van der Waals surface area contributed by atoms with Crippen LogP contribution in [0.3, 0.4) is 0 Å². The molecule has 248 valence electrons. The average Bonchev–Trinajstić information content (AvgIpc) is 3.41. The number of anilines is 2. The highest BCUT2D eigenvalue weighted by Gasteiger charge is 2.29. The largest absolute Gasteiger partial charge is 0.459 e. The van der Waals surface area contributed by atoms with E-state index in [9.17, 15) is 27.6 Å². The van der Waals surface area contributed by atoms with Crippen molar-refractivity contribution in [3.05, 3.63) is 119 Å². The number of aryl methyl sites for hydroxylation is 1. The number of nitrogens with two attached hydrogens (primary N) is 1. The first-order valence-corrected chi connectivity index (χ1v) is 16.6. The second kappa shape index (κ2) is 15.6. The van der Waals surface area contributed by atoms with Crippen molar-refractivity contribution < 1.29 is 32.3 Å². The number of alkyl halides is 3. The van der Waals surface area contributed by atoms with Crippen LogP contribution in [0.25, 0.3) is 10.9 Å². The first kappa shape index (κ1) is 34.9. The van der Waals surface area contributed by atoms with Crippen LogP contribution in [0.4, 0.5) is 29.3 Å². The Balaban J connectivity index is 1.17. The molecule has 4 N–H and O–H groups in total. The molecule has 0 aliphatic heterocycles. The summed E-state index contributed by atoms with van der Waals surface area (Å²) in [6.45, 7) is -0.0413. The Bertz CT molecular complexity index is 1900. The zero-order valence-electron chi connectivity index (χ0n) is 25.0. The van der Waals surface area contributed by atoms with Gasteiger partial charge in [0.25, 0.3) is 5.91 Å². The molecule has 0 saturated carbocycles. The molecule has 0 radical (unpaired) electrons. The minimum Gasteiger partial charge on any atom is -0.459 e. The summed E-state index contributed by atoms with van der Waals surface area (Å²) in [5, 5.41) is 6.30. The number of ether oxygens (including phenoxy) is 1. The fourth-order valence-corrected chi connectivity index (χ4v) is 6.23. The average molecular weight is 713 g/mol. The Kier molecular flexibility index (Phi) is 11.4. The van der Waals surface area contributed by atoms with Crippen LogP contribution in [0.5, 0.6) is 0 Å². The number of nitrogens with one attached hydrogen (secondary N) is 2. The number of carbonyl (C=O) groups is 3. The monoisotopic (exact) mass is 712 g/mol. The predicted octanol–water partition coefficient (Wildman–Crippen LogP) is 8.60. The van der Waals surface area contributed by atoms with Crippen LogP contribution >= 0.6 is 35.1 Å². The number of fused-ring (bicyclic) bond motifs is 1. The van der Waals surface area contributed by atoms with Crippen molar-refractivity contribution in [2.45, 2.75) is 34.4 Å². The van der Waals surface area contributed by atoms with Gasteiger partial charge in [-0.05, 0) is 83.9 Å². The highest BCUT2D eigenvalue weighted by atomic mass is 35.5. The van der Waals surface area contributed by atoms with E-state index in [4.69, 9.17) is 22.1 Å². The maximum atomic E-state index is 13.3. The van der Waals surface area contributed by atoms with Crippen LogP contribution in [0.1, 0.15) is 15.9 Å². The lowest BCUT2D eigenvalue weighted by Crippen LogP contribution is -2.42. The van der Waals surface area contributed by atoms with Crippen molar-refractivity contribution in [1.82, 2.24) is 4.57 Å². The number of halogens is 4. The molecule has 2 amide bonds. The van der Waals surface area contributed by atoms with Gasteiger partial charge in [0.15, 0.2) is 6.04 Å². The number of aromatic nitrogens is 1. The van der Waals surface area contributed by atoms with Gasteiger partial charge in [-0.25, -0.2) is 9.59 Å². The van der Waals surface area contributed by atoms with Crippen molar-refractivity contribution in [3.63, 3.8) is 0 Å². The predicted molar refractivity (Wildman–Crippen MR) is 184 cm³/mol. The summed E-state index contributed by atoms with van der Waals surface area (Å²) in [6.07, 6.45) is 2.07. The fourth-order valence-electron chi connectivity index (χ4n) is 4.62. The third-order valence-electron chi connectivity index (χ3n) is 6.92. The summed E-state index contributed by atoms with van der Waals surface area (Å²) in [7, 11) is 0. The van der Waals surface area contributed by atoms with Gasteiger partial charge in [0.2, 0.25) is 0 Å². The van der Waals surface area contributed by atoms with E-state index in [0.717, 1.165) is 16.0 Å². The molecule has 0 aliphatic carbocycles. The number of nitrogens with zero attached hydrogens (tertiary/aromatic N) is 1. The number of hydrogen-bond donors (Lipinski definition) is 3. The zero-order valence-corrected chi connectivity index (χ0v) is 27.4. The van der Waals surface area contributed by atoms with Crippen LogP contribution in [0.15, 0.2) is 113 Å². The standard InChI is InChI=1S/C34H28ClF3N4O4S2/c35-23-8-15-29-27(18-23)28(19-42(29)31(43)30(39)32(44)46-20-22-4-2-1-3-5-22)41-33(45)40-24-9-6-21(7-10-24)16-17-47-25-11-13-26(14-12-25)48-34(36,37)38/h1-15,18-19,30H,16-17,20,39H2,(H2,40,41,45). The fraction of sp³-hybridized carbons (Fsp3) is 0.147. The normalized spacial score (nSPS) is 12.0. The molecule has 0 fully saturated rings. The number of amides is 2. The Labute approximate surface area is 287 Å². The van der Waals surface area contributed by atoms with Crippen molar-refractivity contribution in [1.29, 1.82) is 0 Å². The maximum absolute atomic E-state index is 13.3. The third-order valence-corrected chi connectivity index (χ3v) is 8.91. The number of benzene rings is 4. The van der Waals surface area contributed by atoms with E-state index in [0.29, 0.717) is 33.8 Å². The van der Waals surface area contributed by atoms with Gasteiger partial charge in [-0.2, -0.15) is 13.2 Å². The lowest BCUT2D eigenvalue weighted by atomic mass is 10.1. The van der Waals surface area contributed by atoms with E-state index in [1.54, 1.807) is 66.7 Å². The van der Waals surface area contributed by atoms with Gasteiger partial charge in [-0.3, -0.25) is 9.36 Å². The molecule has 1 aromatic heterocycles. The third kappa shape index (κ3) is 9.57. The van der Waals surface area contributed by atoms with E-state index in [1.165, 1.54) is 34.7 Å². The lowest BCUT2D eigenvalue weighted by molar-refractivity contribution is -0.145. The first-order chi connectivity index (χ1) is 22.9. The molecule has 8 nitrogen and oxygen atoms in total. The Hall–Kier alpha value is -4.43. The summed E-state index contributed by atoms with van der Waals surface area (Å²) in [6, 6.07) is 25.0. The number of thioether (sulfide) groups is 2. The van der Waals surface area contributed by atoms with Gasteiger partial charge >= 0.3 is 17.5 Å². The molecule has 0 bridgehead atoms. The molecule has 0 saturated heterocycles. The molecule has 1 atom stereocenters. The summed E-state index contributed by atoms with van der Waals surface area (Å²) >= 11 is 7.60. The topological polar surface area (TPSA) is 115 Å². The lowest BCUT2D eigenvalue weighted by Gasteiger charge is -2.12. The number of esters is 1. The van der Waals surface area contributed by atoms with Crippen LogP contribution < -0.4 is 16.4 Å². The van der Waals surface area contributed by atoms with Gasteiger partial charge in [0.05, 0.1) is 11.2 Å². The van der Waals surface area contributed by atoms with Gasteiger partial charge in [0.1, 0.15) is 6.61 Å². The first-order valence-electron chi connectivity index (χ1n) is 14.4. The molecule has 0 spiro atoms. The van der Waals surface area contributed by atoms with E-state index >= 15 is 0 Å². The molecule has 0 aliphatic rings. The van der Waals surface area contributed by atoms with E-state index in [1.807, 2.05) is 18.2 Å². The molecule has 14 heteroatoms. The smallest absolute Gasteiger partial charge is 0.446 e. The summed E-state index contributed by atoms with van der Waals surface area (Å²) < 4.78 is 44.0. The summed E-state index contributed by atoms with van der Waals surface area (Å²) in [5.41, 5.74) is 4.57. The SMILES string of the molecule is NC(C(=O)OCc1ccccc1)C(=O)n1cc(NC(=O)Nc2ccc(CCSc3ccc(SC(F)(F)F)cc3)cc2)c2cc(Cl)ccc21. The number of hydrogen-bond acceptors (Lipinski definition) is 7. The molecular weight excluding hydrogens is 685 g/mol. The highest BCUT2D eigenvalue weighted by molar-refractivity contribution is 8.00. The number of urea groups is 1. The van der Waals surface area contributed by atoms with Gasteiger partial charge in [0, 0.05) is 37.8 Å². The Morgan fingerprint density at radius 3 is 2.25 bits per heavy atom. The van der Waals surface area contributed by atoms with E-state index in [2.05, 4.69) is 10.6 Å². The van der Waals surface area contributed by atoms with Gasteiger partial charge in [-0.15, -0.1) is 11.8 Å². The van der Waals surface area contributed by atoms with Crippen molar-refractivity contribution >= 4 is 75.3 Å². The van der Waals surface area contributed by atoms with Gasteiger partial charge < -0.3 is 21.1 Å². The minimum absolute atomic E-state index is 0.0413. The molecule has 1 unspecified atom stereocenters. The van der Waals surface area contributed by atoms with Crippen LogP contribution in [0, 0.1) is 0 Å². The van der Waals surface area contributed by atoms with E-state index in [-0.39, 0.29) is 29.0 Å². The number of carbonyl (C=O) groups excluding carboxylic acids is 3. The van der Waals surface area contributed by atoms with Crippen LogP contribution in [-0.2, 0) is 22.6 Å². The number of rotatable bonds is 11. The quantitative estimate of drug-likeness (QED) is 0.0714. The molecule has 48 heavy (non-hydrogen) atoms. The Morgan fingerprint density at radius 1 is 0.875 bits per heavy atom. The van der Waals surface area contributed by atoms with E-state index < -0.39 is 29.5 Å².